The predicted molar refractivity (Wildman–Crippen MR) is 68.7 cm³/mol. The molecular formula is C13H25N3. The van der Waals surface area contributed by atoms with Crippen molar-refractivity contribution in [2.24, 2.45) is 5.73 Å². The van der Waals surface area contributed by atoms with Gasteiger partial charge in [0.05, 0.1) is 11.7 Å². The molecule has 3 nitrogen and oxygen atoms in total. The molecule has 1 aromatic heterocycles. The van der Waals surface area contributed by atoms with Crippen LogP contribution < -0.4 is 5.73 Å². The van der Waals surface area contributed by atoms with Gasteiger partial charge in [0.25, 0.3) is 0 Å². The van der Waals surface area contributed by atoms with Crippen LogP contribution in [0.15, 0.2) is 0 Å². The lowest BCUT2D eigenvalue weighted by atomic mass is 10.1. The van der Waals surface area contributed by atoms with Crippen molar-refractivity contribution in [2.75, 3.05) is 6.54 Å². The molecule has 1 rings (SSSR count). The lowest BCUT2D eigenvalue weighted by Crippen LogP contribution is -2.11. The first-order valence-corrected chi connectivity index (χ1v) is 6.40. The van der Waals surface area contributed by atoms with Crippen LogP contribution in [0.5, 0.6) is 0 Å². The van der Waals surface area contributed by atoms with Crippen LogP contribution in [0.3, 0.4) is 0 Å². The van der Waals surface area contributed by atoms with Gasteiger partial charge in [0.15, 0.2) is 0 Å². The van der Waals surface area contributed by atoms with Crippen LogP contribution in [0.4, 0.5) is 0 Å². The van der Waals surface area contributed by atoms with Gasteiger partial charge >= 0.3 is 0 Å². The van der Waals surface area contributed by atoms with Crippen molar-refractivity contribution in [2.45, 2.75) is 59.4 Å². The molecule has 1 heterocycles. The molecule has 3 heteroatoms. The van der Waals surface area contributed by atoms with E-state index in [0.717, 1.165) is 32.2 Å². The zero-order chi connectivity index (χ0) is 12.1. The first-order valence-electron chi connectivity index (χ1n) is 6.40. The third-order valence-electron chi connectivity index (χ3n) is 3.39. The largest absolute Gasteiger partial charge is 0.330 e. The second-order valence-corrected chi connectivity index (χ2v) is 4.46. The van der Waals surface area contributed by atoms with E-state index >= 15 is 0 Å². The van der Waals surface area contributed by atoms with Gasteiger partial charge in [-0.3, -0.25) is 4.68 Å². The van der Waals surface area contributed by atoms with Gasteiger partial charge in [-0.15, -0.1) is 0 Å². The van der Waals surface area contributed by atoms with Crippen molar-refractivity contribution in [1.82, 2.24) is 9.78 Å². The minimum Gasteiger partial charge on any atom is -0.330 e. The minimum absolute atomic E-state index is 0.547. The Bertz CT molecular complexity index is 324. The third-order valence-corrected chi connectivity index (χ3v) is 3.39. The third kappa shape index (κ3) is 2.64. The van der Waals surface area contributed by atoms with E-state index < -0.39 is 0 Å². The summed E-state index contributed by atoms with van der Waals surface area (Å²) >= 11 is 0. The Kier molecular flexibility index (Phi) is 5.00. The fourth-order valence-corrected chi connectivity index (χ4v) is 2.33. The first kappa shape index (κ1) is 13.2. The van der Waals surface area contributed by atoms with E-state index in [1.165, 1.54) is 17.0 Å². The molecule has 0 aliphatic heterocycles. The van der Waals surface area contributed by atoms with E-state index in [1.807, 2.05) is 0 Å². The highest BCUT2D eigenvalue weighted by Crippen LogP contribution is 2.22. The predicted octanol–water partition coefficient (Wildman–Crippen LogP) is 2.75. The normalized spacial score (nSPS) is 11.4. The Morgan fingerprint density at radius 1 is 1.25 bits per heavy atom. The van der Waals surface area contributed by atoms with Crippen molar-refractivity contribution in [1.29, 1.82) is 0 Å². The summed E-state index contributed by atoms with van der Waals surface area (Å²) < 4.78 is 2.21. The zero-order valence-electron chi connectivity index (χ0n) is 11.1. The molecule has 0 spiro atoms. The maximum absolute atomic E-state index is 5.57. The van der Waals surface area contributed by atoms with E-state index in [1.54, 1.807) is 0 Å². The molecule has 0 radical (unpaired) electrons. The number of hydrogen-bond donors (Lipinski definition) is 1. The van der Waals surface area contributed by atoms with Gasteiger partial charge in [0, 0.05) is 5.69 Å². The van der Waals surface area contributed by atoms with Gasteiger partial charge < -0.3 is 5.73 Å². The molecule has 1 aromatic rings. The van der Waals surface area contributed by atoms with Gasteiger partial charge in [0.1, 0.15) is 0 Å². The Hall–Kier alpha value is -0.830. The topological polar surface area (TPSA) is 43.8 Å². The average Bonchev–Trinajstić information content (AvgIpc) is 2.55. The van der Waals surface area contributed by atoms with E-state index in [9.17, 15) is 0 Å². The Labute approximate surface area is 99.0 Å². The van der Waals surface area contributed by atoms with Crippen LogP contribution >= 0.6 is 0 Å². The summed E-state index contributed by atoms with van der Waals surface area (Å²) in [6.07, 6.45) is 4.41. The fourth-order valence-electron chi connectivity index (χ4n) is 2.33. The average molecular weight is 223 g/mol. The summed E-state index contributed by atoms with van der Waals surface area (Å²) in [5.41, 5.74) is 9.48. The molecule has 0 atom stereocenters. The quantitative estimate of drug-likeness (QED) is 0.806. The lowest BCUT2D eigenvalue weighted by Gasteiger charge is -2.15. The Balaban J connectivity index is 2.95. The van der Waals surface area contributed by atoms with E-state index in [-0.39, 0.29) is 0 Å². The molecule has 0 unspecified atom stereocenters. The van der Waals surface area contributed by atoms with Crippen LogP contribution in [0, 0.1) is 13.8 Å². The Morgan fingerprint density at radius 3 is 2.38 bits per heavy atom. The molecule has 0 aliphatic carbocycles. The van der Waals surface area contributed by atoms with Crippen molar-refractivity contribution in [3.8, 4) is 0 Å². The molecule has 16 heavy (non-hydrogen) atoms. The number of rotatable bonds is 6. The number of hydrogen-bond acceptors (Lipinski definition) is 2. The minimum atomic E-state index is 0.547. The smallest absolute Gasteiger partial charge is 0.0628 e. The highest BCUT2D eigenvalue weighted by Gasteiger charge is 2.15. The SMILES string of the molecule is CCC(CC)n1nc(C)c(CCCN)c1C. The van der Waals surface area contributed by atoms with Gasteiger partial charge in [-0.25, -0.2) is 0 Å². The molecule has 2 N–H and O–H groups in total. The first-order chi connectivity index (χ1) is 7.65. The van der Waals surface area contributed by atoms with Crippen LogP contribution in [-0.4, -0.2) is 16.3 Å². The second kappa shape index (κ2) is 6.04. The van der Waals surface area contributed by atoms with E-state index in [2.05, 4.69) is 37.5 Å². The van der Waals surface area contributed by atoms with Crippen LogP contribution in [0.25, 0.3) is 0 Å². The summed E-state index contributed by atoms with van der Waals surface area (Å²) in [6.45, 7) is 9.51. The molecule has 0 bridgehead atoms. The summed E-state index contributed by atoms with van der Waals surface area (Å²) in [6, 6.07) is 0.547. The monoisotopic (exact) mass is 223 g/mol. The van der Waals surface area contributed by atoms with E-state index in [4.69, 9.17) is 5.73 Å². The fraction of sp³-hybridized carbons (Fsp3) is 0.769. The summed E-state index contributed by atoms with van der Waals surface area (Å²) in [5.74, 6) is 0. The summed E-state index contributed by atoms with van der Waals surface area (Å²) in [4.78, 5) is 0. The molecule has 0 saturated heterocycles. The van der Waals surface area contributed by atoms with Gasteiger partial charge in [-0.1, -0.05) is 13.8 Å². The van der Waals surface area contributed by atoms with Gasteiger partial charge in [-0.2, -0.15) is 5.10 Å². The van der Waals surface area contributed by atoms with Crippen molar-refractivity contribution >= 4 is 0 Å². The van der Waals surface area contributed by atoms with Crippen molar-refractivity contribution in [3.05, 3.63) is 17.0 Å². The molecule has 0 amide bonds. The maximum atomic E-state index is 5.57. The van der Waals surface area contributed by atoms with Crippen LogP contribution in [0.1, 0.15) is 56.1 Å². The second-order valence-electron chi connectivity index (χ2n) is 4.46. The standard InChI is InChI=1S/C13H25N3/c1-5-12(6-2)16-11(4)13(8-7-9-14)10(3)15-16/h12H,5-9,14H2,1-4H3. The van der Waals surface area contributed by atoms with Crippen molar-refractivity contribution in [3.63, 3.8) is 0 Å². The zero-order valence-corrected chi connectivity index (χ0v) is 11.1. The molecule has 0 aromatic carbocycles. The van der Waals surface area contributed by atoms with Crippen LogP contribution in [0.2, 0.25) is 0 Å². The Morgan fingerprint density at radius 2 is 1.88 bits per heavy atom. The van der Waals surface area contributed by atoms with Crippen molar-refractivity contribution < 1.29 is 0 Å². The highest BCUT2D eigenvalue weighted by molar-refractivity contribution is 5.25. The molecule has 0 fully saturated rings. The summed E-state index contributed by atoms with van der Waals surface area (Å²) in [5, 5.41) is 4.68. The van der Waals surface area contributed by atoms with Gasteiger partial charge in [-0.05, 0) is 51.6 Å². The molecule has 0 aliphatic rings. The number of nitrogens with two attached hydrogens (primary N) is 1. The lowest BCUT2D eigenvalue weighted by molar-refractivity contribution is 0.418. The highest BCUT2D eigenvalue weighted by atomic mass is 15.3. The molecule has 92 valence electrons. The van der Waals surface area contributed by atoms with Gasteiger partial charge in [0.2, 0.25) is 0 Å². The maximum Gasteiger partial charge on any atom is 0.0628 e. The molecular weight excluding hydrogens is 198 g/mol. The number of aryl methyl sites for hydroxylation is 1. The molecule has 0 saturated carbocycles. The van der Waals surface area contributed by atoms with Crippen LogP contribution in [-0.2, 0) is 6.42 Å². The number of aromatic nitrogens is 2. The number of nitrogens with zero attached hydrogens (tertiary/aromatic N) is 2. The summed E-state index contributed by atoms with van der Waals surface area (Å²) in [7, 11) is 0. The van der Waals surface area contributed by atoms with E-state index in [0.29, 0.717) is 6.04 Å².